The Morgan fingerprint density at radius 3 is 2.54 bits per heavy atom. The van der Waals surface area contributed by atoms with Crippen LogP contribution in [0.5, 0.6) is 0 Å². The Morgan fingerprint density at radius 2 is 1.89 bits per heavy atom. The molecule has 1 aromatic heterocycles. The van der Waals surface area contributed by atoms with Crippen LogP contribution in [0.1, 0.15) is 25.3 Å². The Morgan fingerprint density at radius 1 is 1.18 bits per heavy atom. The van der Waals surface area contributed by atoms with Crippen molar-refractivity contribution < 1.29 is 9.34 Å². The Kier molecular flexibility index (Phi) is 6.06. The van der Waals surface area contributed by atoms with E-state index in [0.29, 0.717) is 10.6 Å². The lowest BCUT2D eigenvalue weighted by molar-refractivity contribution is -0.384. The van der Waals surface area contributed by atoms with Crippen molar-refractivity contribution in [3.05, 3.63) is 70.1 Å². The molecule has 8 heteroatoms. The van der Waals surface area contributed by atoms with E-state index in [-0.39, 0.29) is 17.5 Å². The highest BCUT2D eigenvalue weighted by molar-refractivity contribution is 6.50. The molecule has 1 heterocycles. The Balaban J connectivity index is 1.81. The molecule has 0 unspecified atom stereocenters. The summed E-state index contributed by atoms with van der Waals surface area (Å²) < 4.78 is 5.58. The smallest absolute Gasteiger partial charge is 0.270 e. The second-order valence-corrected chi connectivity index (χ2v) is 6.38. The van der Waals surface area contributed by atoms with Gasteiger partial charge in [0.1, 0.15) is 5.03 Å². The number of halogens is 1. The normalized spacial score (nSPS) is 11.5. The van der Waals surface area contributed by atoms with Gasteiger partial charge in [-0.1, -0.05) is 29.8 Å². The van der Waals surface area contributed by atoms with Crippen LogP contribution in [0.2, 0.25) is 0 Å². The highest BCUT2D eigenvalue weighted by Crippen LogP contribution is 2.27. The number of nitro groups is 1. The van der Waals surface area contributed by atoms with Gasteiger partial charge in [-0.3, -0.25) is 10.1 Å². The average Bonchev–Trinajstić information content (AvgIpc) is 3.21. The van der Waals surface area contributed by atoms with Crippen molar-refractivity contribution in [3.63, 3.8) is 0 Å². The van der Waals surface area contributed by atoms with Gasteiger partial charge in [0, 0.05) is 36.5 Å². The van der Waals surface area contributed by atoms with Crippen LogP contribution in [0.4, 0.5) is 11.4 Å². The molecule has 0 radical (unpaired) electrons. The third-order valence-electron chi connectivity index (χ3n) is 4.25. The van der Waals surface area contributed by atoms with Crippen molar-refractivity contribution in [2.75, 3.05) is 18.0 Å². The van der Waals surface area contributed by atoms with Crippen molar-refractivity contribution in [1.29, 1.82) is 0 Å². The largest absolute Gasteiger partial charge is 0.415 e. The first-order valence-electron chi connectivity index (χ1n) is 8.82. The predicted molar refractivity (Wildman–Crippen MR) is 110 cm³/mol. The molecule has 0 N–H and O–H groups in total. The van der Waals surface area contributed by atoms with E-state index >= 15 is 0 Å². The van der Waals surface area contributed by atoms with E-state index in [1.54, 1.807) is 18.2 Å². The molecule has 0 aliphatic carbocycles. The first kappa shape index (κ1) is 19.6. The molecule has 2 aromatic carbocycles. The van der Waals surface area contributed by atoms with E-state index in [4.69, 9.17) is 16.0 Å². The fraction of sp³-hybridized carbons (Fsp3) is 0.200. The summed E-state index contributed by atoms with van der Waals surface area (Å²) in [7, 11) is 0. The molecule has 0 aliphatic rings. The number of non-ortho nitro benzene ring substituents is 1. The van der Waals surface area contributed by atoms with Gasteiger partial charge < -0.3 is 9.32 Å². The standard InChI is InChI=1S/C20H19ClN4O3/c1-3-24(4-2)16-10-8-14(9-11-16)12-18(21)20-23-22-19(28-20)15-6-5-7-17(13-15)25(26)27/h5-13H,3-4H2,1-2H3/b18-12-. The van der Waals surface area contributed by atoms with Gasteiger partial charge in [0.25, 0.3) is 11.6 Å². The number of hydrogen-bond donors (Lipinski definition) is 0. The third-order valence-corrected chi connectivity index (χ3v) is 4.52. The van der Waals surface area contributed by atoms with Gasteiger partial charge in [0.2, 0.25) is 5.89 Å². The molecule has 0 bridgehead atoms. The Hall–Kier alpha value is -3.19. The molecule has 3 rings (SSSR count). The minimum atomic E-state index is -0.477. The molecule has 0 saturated carbocycles. The SMILES string of the molecule is CCN(CC)c1ccc(/C=C(\Cl)c2nnc(-c3cccc([N+](=O)[O-])c3)o2)cc1. The lowest BCUT2D eigenvalue weighted by Crippen LogP contribution is -2.21. The van der Waals surface area contributed by atoms with Crippen molar-refractivity contribution in [3.8, 4) is 11.5 Å². The van der Waals surface area contributed by atoms with E-state index in [2.05, 4.69) is 28.9 Å². The van der Waals surface area contributed by atoms with Gasteiger partial charge in [0.05, 0.1) is 4.92 Å². The van der Waals surface area contributed by atoms with Gasteiger partial charge in [-0.05, 0) is 43.7 Å². The minimum Gasteiger partial charge on any atom is -0.415 e. The molecule has 0 atom stereocenters. The molecule has 0 aliphatic heterocycles. The molecule has 0 fully saturated rings. The molecular formula is C20H19ClN4O3. The zero-order valence-corrected chi connectivity index (χ0v) is 16.3. The van der Waals surface area contributed by atoms with E-state index in [0.717, 1.165) is 24.3 Å². The first-order chi connectivity index (χ1) is 13.5. The number of benzene rings is 2. The summed E-state index contributed by atoms with van der Waals surface area (Å²) in [4.78, 5) is 12.7. The lowest BCUT2D eigenvalue weighted by Gasteiger charge is -2.20. The monoisotopic (exact) mass is 398 g/mol. The molecule has 7 nitrogen and oxygen atoms in total. The molecule has 0 saturated heterocycles. The van der Waals surface area contributed by atoms with E-state index in [1.807, 2.05) is 24.3 Å². The molecule has 0 amide bonds. The summed E-state index contributed by atoms with van der Waals surface area (Å²) in [5, 5.41) is 19.1. The maximum atomic E-state index is 10.9. The van der Waals surface area contributed by atoms with Crippen LogP contribution in [0, 0.1) is 10.1 Å². The average molecular weight is 399 g/mol. The van der Waals surface area contributed by atoms with Crippen molar-refractivity contribution in [2.45, 2.75) is 13.8 Å². The summed E-state index contributed by atoms with van der Waals surface area (Å²) in [5.41, 5.74) is 2.45. The number of nitrogens with zero attached hydrogens (tertiary/aromatic N) is 4. The van der Waals surface area contributed by atoms with E-state index < -0.39 is 4.92 Å². The number of nitro benzene ring substituents is 1. The molecule has 3 aromatic rings. The summed E-state index contributed by atoms with van der Waals surface area (Å²) in [6.45, 7) is 6.11. The van der Waals surface area contributed by atoms with Crippen LogP contribution in [-0.2, 0) is 0 Å². The van der Waals surface area contributed by atoms with E-state index in [9.17, 15) is 10.1 Å². The zero-order chi connectivity index (χ0) is 20.1. The number of hydrogen-bond acceptors (Lipinski definition) is 6. The summed E-state index contributed by atoms with van der Waals surface area (Å²) in [6, 6.07) is 14.0. The summed E-state index contributed by atoms with van der Waals surface area (Å²) in [6.07, 6.45) is 1.73. The van der Waals surface area contributed by atoms with Gasteiger partial charge in [-0.2, -0.15) is 0 Å². The highest BCUT2D eigenvalue weighted by atomic mass is 35.5. The van der Waals surface area contributed by atoms with Crippen molar-refractivity contribution in [1.82, 2.24) is 10.2 Å². The van der Waals surface area contributed by atoms with Crippen LogP contribution in [0.15, 0.2) is 52.9 Å². The van der Waals surface area contributed by atoms with Crippen LogP contribution in [-0.4, -0.2) is 28.2 Å². The fourth-order valence-corrected chi connectivity index (χ4v) is 2.97. The highest BCUT2D eigenvalue weighted by Gasteiger charge is 2.14. The number of anilines is 1. The van der Waals surface area contributed by atoms with Crippen LogP contribution in [0.3, 0.4) is 0 Å². The van der Waals surface area contributed by atoms with Gasteiger partial charge in [-0.15, -0.1) is 10.2 Å². The Bertz CT molecular complexity index is 995. The van der Waals surface area contributed by atoms with Crippen LogP contribution in [0.25, 0.3) is 22.6 Å². The summed E-state index contributed by atoms with van der Waals surface area (Å²) in [5.74, 6) is 0.318. The fourth-order valence-electron chi connectivity index (χ4n) is 2.77. The minimum absolute atomic E-state index is 0.0489. The lowest BCUT2D eigenvalue weighted by atomic mass is 10.2. The van der Waals surface area contributed by atoms with E-state index in [1.165, 1.54) is 12.1 Å². The van der Waals surface area contributed by atoms with Crippen LogP contribution >= 0.6 is 11.6 Å². The number of aromatic nitrogens is 2. The molecule has 0 spiro atoms. The molecule has 144 valence electrons. The summed E-state index contributed by atoms with van der Waals surface area (Å²) >= 11 is 6.33. The molecular weight excluding hydrogens is 380 g/mol. The maximum absolute atomic E-state index is 10.9. The second-order valence-electron chi connectivity index (χ2n) is 5.98. The molecule has 28 heavy (non-hydrogen) atoms. The predicted octanol–water partition coefficient (Wildman–Crippen LogP) is 5.23. The second kappa shape index (κ2) is 8.67. The maximum Gasteiger partial charge on any atom is 0.270 e. The van der Waals surface area contributed by atoms with Gasteiger partial charge >= 0.3 is 0 Å². The number of rotatable bonds is 7. The quantitative estimate of drug-likeness (QED) is 0.400. The van der Waals surface area contributed by atoms with Crippen LogP contribution < -0.4 is 4.90 Å². The van der Waals surface area contributed by atoms with Crippen molar-refractivity contribution >= 4 is 34.1 Å². The topological polar surface area (TPSA) is 85.3 Å². The Labute approximate surface area is 167 Å². The first-order valence-corrected chi connectivity index (χ1v) is 9.20. The zero-order valence-electron chi connectivity index (χ0n) is 15.5. The van der Waals surface area contributed by atoms with Gasteiger partial charge in [-0.25, -0.2) is 0 Å². The third kappa shape index (κ3) is 4.37. The van der Waals surface area contributed by atoms with Crippen molar-refractivity contribution in [2.24, 2.45) is 0 Å². The van der Waals surface area contributed by atoms with Gasteiger partial charge in [0.15, 0.2) is 0 Å².